The van der Waals surface area contributed by atoms with Crippen molar-refractivity contribution in [3.8, 4) is 0 Å². The van der Waals surface area contributed by atoms with Crippen molar-refractivity contribution >= 4 is 80.6 Å². The summed E-state index contributed by atoms with van der Waals surface area (Å²) in [6.45, 7) is 0.0685. The molecule has 0 spiro atoms. The summed E-state index contributed by atoms with van der Waals surface area (Å²) in [6.07, 6.45) is -1.24. The number of halogens is 3. The predicted molar refractivity (Wildman–Crippen MR) is 235 cm³/mol. The van der Waals surface area contributed by atoms with Crippen LogP contribution in [-0.4, -0.2) is 68.6 Å². The number of esters is 2. The Bertz CT molecular complexity index is 2250. The van der Waals surface area contributed by atoms with Crippen LogP contribution in [0.4, 0.5) is 0 Å². The van der Waals surface area contributed by atoms with E-state index in [4.69, 9.17) is 32.7 Å². The van der Waals surface area contributed by atoms with Crippen molar-refractivity contribution in [1.82, 2.24) is 15.5 Å². The molecule has 308 valence electrons. The molecule has 5 aromatic carbocycles. The molecule has 0 saturated carbocycles. The molecule has 0 aromatic heterocycles. The number of thioether (sulfide) groups is 1. The molecule has 0 aliphatic carbocycles. The molecule has 0 radical (unpaired) electrons. The largest absolute Gasteiger partial charge is 0.451 e. The number of fused-ring (bicyclic) bond motifs is 1. The lowest BCUT2D eigenvalue weighted by Crippen LogP contribution is -2.74. The Morgan fingerprint density at radius 2 is 1.28 bits per heavy atom. The summed E-state index contributed by atoms with van der Waals surface area (Å²) < 4.78 is 11.1. The molecular weight excluding hydrogens is 889 g/mol. The molecule has 7 rings (SSSR count). The van der Waals surface area contributed by atoms with Gasteiger partial charge in [-0.05, 0) is 53.3 Å². The predicted octanol–water partition coefficient (Wildman–Crippen LogP) is 8.46. The van der Waals surface area contributed by atoms with Gasteiger partial charge in [-0.25, -0.2) is 4.79 Å². The number of nitrogens with zero attached hydrogens (tertiary/aromatic N) is 1. The molecule has 14 heteroatoms. The highest BCUT2D eigenvalue weighted by Crippen LogP contribution is 2.43. The summed E-state index contributed by atoms with van der Waals surface area (Å²) in [4.78, 5) is 69.4. The highest BCUT2D eigenvalue weighted by atomic mass is 79.9. The highest BCUT2D eigenvalue weighted by molar-refractivity contribution is 9.10. The Hall–Kier alpha value is -5.14. The summed E-state index contributed by atoms with van der Waals surface area (Å²) in [6, 6.07) is 39.9. The van der Waals surface area contributed by atoms with Crippen LogP contribution in [0, 0.1) is 0 Å². The van der Waals surface area contributed by atoms with Crippen molar-refractivity contribution in [2.24, 2.45) is 0 Å². The standard InChI is InChI=1S/C46H40BrCl2N3O7S/c47-46(45(57)59-40(31-18-9-3-10-19-31)32-20-11-4-12-21-32)27-52-42(55)38(43(52)60-28-46)51-37(53)23-13-22-36(50-41(54)34-25-24-33(48)26-35(34)49)44(56)58-39(29-14-5-1-6-15-29)30-16-7-2-8-17-30/h1-12,14-21,24-26,36,38-40,43H,13,22-23,27-28H2,(H,50,54)(H,51,53)/t36?,38?,43-,46?/m1/s1. The lowest BCUT2D eigenvalue weighted by molar-refractivity contribution is -0.156. The number of β-lactam (4-membered cyclic amide) rings is 1. The topological polar surface area (TPSA) is 131 Å². The summed E-state index contributed by atoms with van der Waals surface area (Å²) >= 11 is 17.4. The van der Waals surface area contributed by atoms with Gasteiger partial charge >= 0.3 is 11.9 Å². The van der Waals surface area contributed by atoms with Gasteiger partial charge in [0.2, 0.25) is 11.8 Å². The third-order valence-corrected chi connectivity index (χ3v) is 13.6. The lowest BCUT2D eigenvalue weighted by atomic mass is 10.00. The first-order chi connectivity index (χ1) is 29.0. The molecule has 5 aromatic rings. The van der Waals surface area contributed by atoms with Crippen molar-refractivity contribution < 1.29 is 33.4 Å². The fraction of sp³-hybridized carbons (Fsp3) is 0.239. The normalized spacial score (nSPS) is 18.8. The maximum Gasteiger partial charge on any atom is 0.329 e. The van der Waals surface area contributed by atoms with Gasteiger partial charge in [-0.15, -0.1) is 11.8 Å². The number of carbonyl (C=O) groups excluding carboxylic acids is 5. The van der Waals surface area contributed by atoms with E-state index in [9.17, 15) is 24.0 Å². The van der Waals surface area contributed by atoms with Gasteiger partial charge in [0.15, 0.2) is 12.2 Å². The molecule has 2 fully saturated rings. The summed E-state index contributed by atoms with van der Waals surface area (Å²) in [5.41, 5.74) is 3.22. The number of ether oxygens (including phenoxy) is 2. The fourth-order valence-electron chi connectivity index (χ4n) is 7.12. The minimum absolute atomic E-state index is 0.0433. The van der Waals surface area contributed by atoms with Gasteiger partial charge in [-0.3, -0.25) is 19.2 Å². The van der Waals surface area contributed by atoms with Crippen LogP contribution >= 0.6 is 50.9 Å². The Balaban J connectivity index is 0.971. The fourth-order valence-corrected chi connectivity index (χ4v) is 9.75. The van der Waals surface area contributed by atoms with Crippen molar-refractivity contribution in [3.05, 3.63) is 177 Å². The van der Waals surface area contributed by atoms with E-state index in [1.807, 2.05) is 121 Å². The first kappa shape index (κ1) is 43.0. The quantitative estimate of drug-likeness (QED) is 0.0608. The van der Waals surface area contributed by atoms with Crippen LogP contribution in [0.3, 0.4) is 0 Å². The Kier molecular flexibility index (Phi) is 14.0. The van der Waals surface area contributed by atoms with Crippen LogP contribution in [0.2, 0.25) is 10.0 Å². The molecule has 2 heterocycles. The zero-order valence-electron chi connectivity index (χ0n) is 32.0. The van der Waals surface area contributed by atoms with Crippen LogP contribution in [-0.2, 0) is 28.7 Å². The van der Waals surface area contributed by atoms with E-state index in [-0.39, 0.29) is 47.7 Å². The van der Waals surface area contributed by atoms with Gasteiger partial charge in [-0.1, -0.05) is 160 Å². The molecule has 2 aliphatic heterocycles. The second-order valence-corrected chi connectivity index (χ2v) is 17.9. The van der Waals surface area contributed by atoms with Crippen LogP contribution in [0.5, 0.6) is 0 Å². The average Bonchev–Trinajstić information content (AvgIpc) is 3.27. The van der Waals surface area contributed by atoms with E-state index in [0.717, 1.165) is 22.3 Å². The SMILES string of the molecule is O=C(CCCC(NC(=O)c1ccc(Cl)cc1Cl)C(=O)OC(c1ccccc1)c1ccccc1)NC1C(=O)N2CC(Br)(C(=O)OC(c3ccccc3)c3ccccc3)CS[C@H]12. The van der Waals surface area contributed by atoms with Crippen molar-refractivity contribution in [3.63, 3.8) is 0 Å². The smallest absolute Gasteiger partial charge is 0.329 e. The van der Waals surface area contributed by atoms with Crippen LogP contribution in [0.15, 0.2) is 140 Å². The third-order valence-electron chi connectivity index (χ3n) is 10.3. The molecule has 10 nitrogen and oxygen atoms in total. The van der Waals surface area contributed by atoms with E-state index in [1.165, 1.54) is 30.0 Å². The number of benzene rings is 5. The molecular formula is C46H40BrCl2N3O7S. The molecule has 60 heavy (non-hydrogen) atoms. The van der Waals surface area contributed by atoms with Crippen molar-refractivity contribution in [2.75, 3.05) is 12.3 Å². The molecule has 2 aliphatic rings. The molecule has 3 unspecified atom stereocenters. The first-order valence-corrected chi connectivity index (χ1v) is 21.9. The Labute approximate surface area is 370 Å². The zero-order chi connectivity index (χ0) is 42.2. The van der Waals surface area contributed by atoms with Gasteiger partial charge in [0, 0.05) is 23.7 Å². The monoisotopic (exact) mass is 927 g/mol. The maximum atomic E-state index is 13.9. The number of nitrogens with one attached hydrogen (secondary N) is 2. The number of carbonyl (C=O) groups is 5. The molecule has 0 bridgehead atoms. The number of hydrogen-bond acceptors (Lipinski definition) is 8. The van der Waals surface area contributed by atoms with Gasteiger partial charge in [-0.2, -0.15) is 0 Å². The van der Waals surface area contributed by atoms with Gasteiger partial charge in [0.05, 0.1) is 10.6 Å². The summed E-state index contributed by atoms with van der Waals surface area (Å²) in [7, 11) is 0. The molecule has 2 saturated heterocycles. The minimum atomic E-state index is -1.16. The van der Waals surface area contributed by atoms with Crippen molar-refractivity contribution in [1.29, 1.82) is 0 Å². The van der Waals surface area contributed by atoms with Gasteiger partial charge in [0.1, 0.15) is 21.8 Å². The van der Waals surface area contributed by atoms with E-state index in [1.54, 1.807) is 4.90 Å². The highest BCUT2D eigenvalue weighted by Gasteiger charge is 2.57. The van der Waals surface area contributed by atoms with Gasteiger partial charge < -0.3 is 25.0 Å². The van der Waals surface area contributed by atoms with Crippen LogP contribution in [0.25, 0.3) is 0 Å². The molecule has 4 atom stereocenters. The maximum absolute atomic E-state index is 13.9. The second-order valence-electron chi connectivity index (χ2n) is 14.5. The van der Waals surface area contributed by atoms with Crippen molar-refractivity contribution in [2.45, 2.75) is 53.3 Å². The second kappa shape index (κ2) is 19.5. The number of amides is 3. The van der Waals surface area contributed by atoms with Gasteiger partial charge in [0.25, 0.3) is 5.91 Å². The Morgan fingerprint density at radius 1 is 0.767 bits per heavy atom. The first-order valence-electron chi connectivity index (χ1n) is 19.3. The van der Waals surface area contributed by atoms with E-state index < -0.39 is 52.4 Å². The summed E-state index contributed by atoms with van der Waals surface area (Å²) in [5, 5.41) is 5.66. The third kappa shape index (κ3) is 10.1. The van der Waals surface area contributed by atoms with Crippen LogP contribution in [0.1, 0.15) is 64.1 Å². The Morgan fingerprint density at radius 3 is 1.80 bits per heavy atom. The number of hydrogen-bond donors (Lipinski definition) is 2. The average molecular weight is 930 g/mol. The minimum Gasteiger partial charge on any atom is -0.451 e. The zero-order valence-corrected chi connectivity index (χ0v) is 36.0. The molecule has 2 N–H and O–H groups in total. The van der Waals surface area contributed by atoms with Crippen LogP contribution < -0.4 is 10.6 Å². The molecule has 3 amide bonds. The summed E-state index contributed by atoms with van der Waals surface area (Å²) in [5.74, 6) is -2.23. The number of rotatable bonds is 15. The van der Waals surface area contributed by atoms with E-state index in [2.05, 4.69) is 26.6 Å². The number of alkyl halides is 1. The lowest BCUT2D eigenvalue weighted by Gasteiger charge is -2.52. The van der Waals surface area contributed by atoms with E-state index >= 15 is 0 Å². The van der Waals surface area contributed by atoms with E-state index in [0.29, 0.717) is 10.8 Å².